The van der Waals surface area contributed by atoms with Gasteiger partial charge in [-0.1, -0.05) is 69.2 Å². The zero-order valence-electron chi connectivity index (χ0n) is 68.9. The smallest absolute Gasteiger partial charge is 0.327 e. The molecular formula is C74H140N20O19S+4. The maximum Gasteiger partial charge on any atom is 0.327 e. The van der Waals surface area contributed by atoms with Crippen molar-refractivity contribution in [3.8, 4) is 0 Å². The average Bonchev–Trinajstić information content (AvgIpc) is 1.24. The number of imide groups is 1. The molecule has 2 rings (SSSR count). The maximum absolute atomic E-state index is 14.8. The number of thioether (sulfide) groups is 1. The summed E-state index contributed by atoms with van der Waals surface area (Å²) in [4.78, 5) is 202. The number of hydrogen-bond acceptors (Lipinski definition) is 21. The predicted molar refractivity (Wildman–Crippen MR) is 422 cm³/mol. The number of aliphatic hydroxyl groups is 4. The number of unbranched alkanes of at least 4 members (excludes halogenated alkanes) is 5. The second-order valence-electron chi connectivity index (χ2n) is 31.3. The van der Waals surface area contributed by atoms with E-state index in [0.717, 1.165) is 16.7 Å². The minimum atomic E-state index is -1.61. The van der Waals surface area contributed by atoms with Crippen LogP contribution in [0.1, 0.15) is 185 Å². The molecule has 39 nitrogen and oxygen atoms in total. The highest BCUT2D eigenvalue weighted by Crippen LogP contribution is 2.27. The lowest BCUT2D eigenvalue weighted by Crippen LogP contribution is -2.62. The molecule has 0 bridgehead atoms. The molecule has 12 unspecified atom stereocenters. The molecule has 0 saturated carbocycles. The molecule has 2 fully saturated rings. The summed E-state index contributed by atoms with van der Waals surface area (Å²) in [6, 6.07) is -15.2. The number of nitrogens with two attached hydrogens (primary N) is 2. The third kappa shape index (κ3) is 35.2. The van der Waals surface area contributed by atoms with Gasteiger partial charge in [-0.25, -0.2) is 4.79 Å². The van der Waals surface area contributed by atoms with E-state index in [1.807, 2.05) is 0 Å². The van der Waals surface area contributed by atoms with Crippen LogP contribution in [0.3, 0.4) is 0 Å². The van der Waals surface area contributed by atoms with Gasteiger partial charge >= 0.3 is 5.97 Å². The first kappa shape index (κ1) is 102. The molecule has 114 heavy (non-hydrogen) atoms. The van der Waals surface area contributed by atoms with Crippen molar-refractivity contribution in [1.82, 2.24) is 68.3 Å². The number of nitrogens with zero attached hydrogens (tertiary/aromatic N) is 3. The summed E-state index contributed by atoms with van der Waals surface area (Å²) in [7, 11) is 0. The van der Waals surface area contributed by atoms with Gasteiger partial charge in [0, 0.05) is 38.7 Å². The van der Waals surface area contributed by atoms with E-state index in [0.29, 0.717) is 90.4 Å². The van der Waals surface area contributed by atoms with Gasteiger partial charge in [0.2, 0.25) is 76.8 Å². The summed E-state index contributed by atoms with van der Waals surface area (Å²) in [6.07, 6.45) is 0.192. The number of guanidine groups is 1. The normalized spacial score (nSPS) is 19.4. The van der Waals surface area contributed by atoms with Crippen molar-refractivity contribution in [1.29, 1.82) is 0 Å². The molecule has 13 amide bonds. The molecule has 0 aromatic rings. The zero-order chi connectivity index (χ0) is 86.2. The van der Waals surface area contributed by atoms with Gasteiger partial charge < -0.3 is 118 Å². The van der Waals surface area contributed by atoms with Crippen molar-refractivity contribution in [2.75, 3.05) is 64.7 Å². The van der Waals surface area contributed by atoms with Crippen molar-refractivity contribution >= 4 is 100 Å². The molecule has 0 aliphatic carbocycles. The minimum Gasteiger partial charge on any atom is -0.480 e. The van der Waals surface area contributed by atoms with Crippen LogP contribution in [-0.4, -0.2) is 285 Å². The van der Waals surface area contributed by atoms with Gasteiger partial charge in [0.05, 0.1) is 50.2 Å². The Labute approximate surface area is 673 Å². The lowest BCUT2D eigenvalue weighted by Gasteiger charge is -2.43. The van der Waals surface area contributed by atoms with Gasteiger partial charge in [-0.2, -0.15) is 0 Å². The van der Waals surface area contributed by atoms with Crippen molar-refractivity contribution < 1.29 is 116 Å². The molecule has 2 aliphatic heterocycles. The van der Waals surface area contributed by atoms with Crippen molar-refractivity contribution in [3.63, 3.8) is 0 Å². The summed E-state index contributed by atoms with van der Waals surface area (Å²) < 4.78 is 0. The van der Waals surface area contributed by atoms with Gasteiger partial charge in [-0.05, 0) is 139 Å². The van der Waals surface area contributed by atoms with Crippen LogP contribution in [0.5, 0.6) is 0 Å². The summed E-state index contributed by atoms with van der Waals surface area (Å²) >= 11 is 0.853. The molecule has 0 spiro atoms. The lowest BCUT2D eigenvalue weighted by atomic mass is 9.94. The monoisotopic (exact) mass is 1650 g/mol. The summed E-state index contributed by atoms with van der Waals surface area (Å²) in [6.45, 7) is 19.6. The van der Waals surface area contributed by atoms with Gasteiger partial charge in [0.15, 0.2) is 5.96 Å². The number of amides is 13. The van der Waals surface area contributed by atoms with E-state index in [1.54, 1.807) is 74.1 Å². The number of aliphatic imine (C=N–C) groups is 1. The number of nitrogens with one attached hydrogen (secondary N) is 11. The van der Waals surface area contributed by atoms with Gasteiger partial charge in [-0.3, -0.25) is 77.1 Å². The molecule has 652 valence electrons. The number of carbonyl (C=O) groups excluding carboxylic acids is 13. The number of piperidine rings is 1. The molecule has 2 aliphatic rings. The Morgan fingerprint density at radius 1 is 0.447 bits per heavy atom. The van der Waals surface area contributed by atoms with E-state index in [1.165, 1.54) is 6.92 Å². The summed E-state index contributed by atoms with van der Waals surface area (Å²) in [5.74, 6) is -14.1. The molecular weight excluding hydrogens is 1510 g/mol. The second kappa shape index (κ2) is 53.3. The van der Waals surface area contributed by atoms with Crippen LogP contribution in [0.4, 0.5) is 0 Å². The Kier molecular flexibility index (Phi) is 47.8. The van der Waals surface area contributed by atoms with Crippen LogP contribution in [0.2, 0.25) is 0 Å². The Bertz CT molecular complexity index is 3130. The number of aliphatic hydroxyl groups excluding tert-OH is 4. The second-order valence-corrected chi connectivity index (χ2v) is 32.5. The first-order valence-electron chi connectivity index (χ1n) is 40.3. The van der Waals surface area contributed by atoms with Crippen LogP contribution >= 0.6 is 11.8 Å². The standard InChI is InChI=1S/C74H136N20O19S/c1-39(2)55(82-44(11)96)69(108)92-59(43(9)10)71(110)90-56(40(3)4)67(106)87-47(25-14-18-30-77)64(103)84-45(23-12-16-28-75)62(101)83-46(24-13-17-29-76)63(102)86-49(27-22-32-81-74(79)80)65(104)85-48(26-15-19-31-78)66(105)89-58(42(7)8)70(109)91-57(41(5)6)68(107)88-50(73(112)113)38-114-53-35-54(98)94(72(53)111)34-21-20-33-93-36-52(97)61(100)60(99)51(93)37-95/h39-43,45-53,55-61,95,97,99-100H,12-38,75-78H2,1-11H3,(H,82,96)(H,83,101)(H,84,103)(H,85,104)(H,86,102)(H,87,106)(H,88,107)(H,89,105)(H,90,110)(H,91,109)(H,92,108)(H,112,113)(H4,79,80,81)/p+4/t45?,46?,47?,48?,49?,50?,51-,52+,53?,55?,56?,57?,58?,59?,60+,61-/m1/s1. The fraction of sp³-hybridized carbons (Fsp3) is 0.797. The van der Waals surface area contributed by atoms with Crippen LogP contribution in [0.25, 0.3) is 0 Å². The number of carbonyl (C=O) groups is 14. The highest BCUT2D eigenvalue weighted by atomic mass is 32.2. The highest BCUT2D eigenvalue weighted by Gasteiger charge is 2.44. The molecule has 0 aromatic carbocycles. The molecule has 16 atom stereocenters. The first-order chi connectivity index (χ1) is 53.7. The average molecular weight is 1650 g/mol. The van der Waals surface area contributed by atoms with Crippen molar-refractivity contribution in [2.45, 2.75) is 281 Å². The quantitative estimate of drug-likeness (QED) is 0.0116. The van der Waals surface area contributed by atoms with Crippen molar-refractivity contribution in [2.24, 2.45) is 46.0 Å². The Balaban J connectivity index is 2.44. The fourth-order valence-electron chi connectivity index (χ4n) is 13.1. The number of rotatable bonds is 56. The SMILES string of the molecule is CC(=O)NC(C(=O)NC(C(=O)NC(C(=O)NC(CCCC[NH3+])C(=O)NC(CCCC[NH3+])C(=O)NC(CCCC[NH3+])C(=O)NC(CCCN=C(N)N)C(=O)NC(CCCC[NH3+])C(=O)NC(C(=O)NC(C(=O)NC(CSC1CC(=O)N(CCCCN2C[C@H](O)[C@@H](O)[C@@H](O)[C@H]2CO)C1=O)C(=O)O)C(C)C)C(C)C)C(C)C)C(C)C)C(C)C. The topological polar surface area (TPSA) is 654 Å². The zero-order valence-corrected chi connectivity index (χ0v) is 69.7. The number of carboxylic acid groups (broad SMARTS) is 1. The third-order valence-corrected chi connectivity index (χ3v) is 21.2. The molecule has 2 saturated heterocycles. The Morgan fingerprint density at radius 2 is 0.763 bits per heavy atom. The van der Waals surface area contributed by atoms with Crippen LogP contribution < -0.4 is 92.9 Å². The number of hydrogen-bond donors (Lipinski definition) is 22. The van der Waals surface area contributed by atoms with Gasteiger partial charge in [0.25, 0.3) is 0 Å². The van der Waals surface area contributed by atoms with E-state index >= 15 is 0 Å². The molecule has 0 radical (unpaired) electrons. The Hall–Kier alpha value is -7.96. The van der Waals surface area contributed by atoms with E-state index < -0.39 is 209 Å². The number of β-amino-alcohol motifs (C(OH)–C–C–N with tert-alkyl or cyclic N) is 1. The van der Waals surface area contributed by atoms with E-state index in [2.05, 4.69) is 86.4 Å². The van der Waals surface area contributed by atoms with Crippen LogP contribution in [-0.2, 0) is 67.1 Å². The highest BCUT2D eigenvalue weighted by molar-refractivity contribution is 8.00. The van der Waals surface area contributed by atoms with Gasteiger partial charge in [-0.15, -0.1) is 11.8 Å². The van der Waals surface area contributed by atoms with Gasteiger partial charge in [0.1, 0.15) is 78.7 Å². The molecule has 40 heteroatoms. The van der Waals surface area contributed by atoms with E-state index in [-0.39, 0.29) is 88.8 Å². The molecule has 0 aromatic heterocycles. The maximum atomic E-state index is 14.8. The largest absolute Gasteiger partial charge is 0.480 e. The Morgan fingerprint density at radius 3 is 1.10 bits per heavy atom. The number of carboxylic acids is 1. The van der Waals surface area contributed by atoms with Crippen molar-refractivity contribution in [3.05, 3.63) is 0 Å². The summed E-state index contributed by atoms with van der Waals surface area (Å²) in [5, 5.41) is 79.6. The lowest BCUT2D eigenvalue weighted by molar-refractivity contribution is -0.369. The summed E-state index contributed by atoms with van der Waals surface area (Å²) in [5.41, 5.74) is 26.9. The van der Waals surface area contributed by atoms with E-state index in [9.17, 15) is 92.7 Å². The number of aliphatic carboxylic acids is 1. The van der Waals surface area contributed by atoms with Crippen LogP contribution in [0, 0.1) is 29.6 Å². The molecule has 32 N–H and O–H groups in total. The fourth-order valence-corrected chi connectivity index (χ4v) is 14.2. The first-order valence-corrected chi connectivity index (χ1v) is 41.4. The van der Waals surface area contributed by atoms with E-state index in [4.69, 9.17) is 11.5 Å². The predicted octanol–water partition coefficient (Wildman–Crippen LogP) is -8.19. The number of likely N-dealkylation sites (tertiary alicyclic amines) is 2. The van der Waals surface area contributed by atoms with Crippen LogP contribution in [0.15, 0.2) is 4.99 Å². The minimum absolute atomic E-state index is 0.00242. The molecule has 2 heterocycles. The third-order valence-electron chi connectivity index (χ3n) is 20.0. The number of quaternary nitrogens is 4.